The van der Waals surface area contributed by atoms with E-state index >= 15 is 0 Å². The number of esters is 1. The Morgan fingerprint density at radius 1 is 1.09 bits per heavy atom. The molecule has 3 aromatic carbocycles. The maximum absolute atomic E-state index is 14.1. The Hall–Kier alpha value is -4.09. The Labute approximate surface area is 292 Å². The summed E-state index contributed by atoms with van der Waals surface area (Å²) in [5, 5.41) is 0.786. The van der Waals surface area contributed by atoms with Crippen LogP contribution in [0.5, 0.6) is 11.5 Å². The third kappa shape index (κ3) is 6.69. The van der Waals surface area contributed by atoms with Crippen LogP contribution in [0.4, 0.5) is 0 Å². The molecule has 0 aliphatic carbocycles. The summed E-state index contributed by atoms with van der Waals surface area (Å²) < 4.78 is 25.9. The number of hydrogen-bond donors (Lipinski definition) is 0. The van der Waals surface area contributed by atoms with Gasteiger partial charge in [0, 0.05) is 5.56 Å². The van der Waals surface area contributed by atoms with Gasteiger partial charge in [0.15, 0.2) is 16.3 Å². The lowest BCUT2D eigenvalue weighted by atomic mass is 10.0. The van der Waals surface area contributed by atoms with Crippen LogP contribution in [-0.2, 0) is 16.1 Å². The molecule has 8 nitrogen and oxygen atoms in total. The topological polar surface area (TPSA) is 92.3 Å². The minimum Gasteiger partial charge on any atom is -0.493 e. The molecule has 0 saturated carbocycles. The number of ether oxygens (including phenoxy) is 3. The Morgan fingerprint density at radius 2 is 1.87 bits per heavy atom. The number of halogens is 3. The number of aromatic nitrogens is 1. The standard InChI is InChI=1S/C35H27BrCl2N2O6S/c1-4-44-34(42)30-19(2)39-35-40(31(30)27-13-12-26(46-27)22-10-11-24(37)25(38)17-22)33(41)29(47-35)16-21-14-23(36)32(28(15-21)43-3)45-18-20-8-6-5-7-9-20/h5-17,31H,4,18H2,1-3H3/b29-16-/t31-/m0/s1. The lowest BCUT2D eigenvalue weighted by Gasteiger charge is -2.22. The van der Waals surface area contributed by atoms with E-state index in [1.165, 1.54) is 15.9 Å². The number of methoxy groups -OCH3 is 1. The molecule has 1 aliphatic rings. The van der Waals surface area contributed by atoms with Crippen LogP contribution < -0.4 is 24.4 Å². The van der Waals surface area contributed by atoms with Gasteiger partial charge in [-0.3, -0.25) is 9.36 Å². The fourth-order valence-corrected chi connectivity index (χ4v) is 7.13. The Morgan fingerprint density at radius 3 is 2.60 bits per heavy atom. The molecule has 1 atom stereocenters. The zero-order valence-corrected chi connectivity index (χ0v) is 29.3. The van der Waals surface area contributed by atoms with Gasteiger partial charge in [-0.25, -0.2) is 9.79 Å². The monoisotopic (exact) mass is 752 g/mol. The third-order valence-corrected chi connectivity index (χ3v) is 9.70. The molecule has 0 fully saturated rings. The molecule has 0 N–H and O–H groups in total. The maximum atomic E-state index is 14.1. The van der Waals surface area contributed by atoms with Crippen molar-refractivity contribution in [2.45, 2.75) is 26.5 Å². The van der Waals surface area contributed by atoms with E-state index in [1.54, 1.807) is 63.4 Å². The first-order valence-corrected chi connectivity index (χ1v) is 16.8. The number of benzene rings is 3. The number of fused-ring (bicyclic) bond motifs is 1. The van der Waals surface area contributed by atoms with Crippen LogP contribution in [-0.4, -0.2) is 24.3 Å². The quantitative estimate of drug-likeness (QED) is 0.143. The van der Waals surface area contributed by atoms with Crippen LogP contribution in [0.1, 0.15) is 36.8 Å². The van der Waals surface area contributed by atoms with E-state index in [-0.39, 0.29) is 17.7 Å². The van der Waals surface area contributed by atoms with Gasteiger partial charge in [0.25, 0.3) is 5.56 Å². The van der Waals surface area contributed by atoms with Crippen molar-refractivity contribution in [1.82, 2.24) is 4.57 Å². The van der Waals surface area contributed by atoms with Crippen LogP contribution in [0, 0.1) is 0 Å². The van der Waals surface area contributed by atoms with Crippen LogP contribution in [0.2, 0.25) is 10.0 Å². The van der Waals surface area contributed by atoms with Crippen molar-refractivity contribution in [1.29, 1.82) is 0 Å². The molecule has 2 aromatic heterocycles. The fourth-order valence-electron chi connectivity index (χ4n) is 5.21. The normalized spacial score (nSPS) is 14.5. The van der Waals surface area contributed by atoms with Crippen LogP contribution in [0.3, 0.4) is 0 Å². The summed E-state index contributed by atoms with van der Waals surface area (Å²) in [7, 11) is 1.56. The van der Waals surface area contributed by atoms with E-state index in [0.29, 0.717) is 70.3 Å². The maximum Gasteiger partial charge on any atom is 0.338 e. The number of hydrogen-bond acceptors (Lipinski definition) is 8. The molecular formula is C35H27BrCl2N2O6S. The van der Waals surface area contributed by atoms with E-state index < -0.39 is 12.0 Å². The summed E-state index contributed by atoms with van der Waals surface area (Å²) in [5.74, 6) is 1.31. The highest BCUT2D eigenvalue weighted by Crippen LogP contribution is 2.38. The van der Waals surface area contributed by atoms with E-state index in [0.717, 1.165) is 5.56 Å². The van der Waals surface area contributed by atoms with E-state index in [2.05, 4.69) is 20.9 Å². The molecule has 47 heavy (non-hydrogen) atoms. The minimum absolute atomic E-state index is 0.154. The molecule has 0 bridgehead atoms. The van der Waals surface area contributed by atoms with Crippen molar-refractivity contribution in [2.24, 2.45) is 4.99 Å². The molecule has 12 heteroatoms. The Kier molecular flexibility index (Phi) is 9.75. The van der Waals surface area contributed by atoms with E-state index in [9.17, 15) is 9.59 Å². The minimum atomic E-state index is -0.918. The van der Waals surface area contributed by atoms with Gasteiger partial charge in [0.2, 0.25) is 0 Å². The average molecular weight is 754 g/mol. The van der Waals surface area contributed by atoms with Crippen molar-refractivity contribution in [3.63, 3.8) is 0 Å². The zero-order chi connectivity index (χ0) is 33.2. The molecule has 0 saturated heterocycles. The highest BCUT2D eigenvalue weighted by molar-refractivity contribution is 9.10. The summed E-state index contributed by atoms with van der Waals surface area (Å²) in [6.45, 7) is 3.95. The first-order chi connectivity index (χ1) is 22.7. The van der Waals surface area contributed by atoms with Crippen molar-refractivity contribution in [2.75, 3.05) is 13.7 Å². The summed E-state index contributed by atoms with van der Waals surface area (Å²) in [6, 6.07) is 21.2. The van der Waals surface area contributed by atoms with Crippen molar-refractivity contribution >= 4 is 62.5 Å². The fraction of sp³-hybridized carbons (Fsp3) is 0.171. The number of nitrogens with zero attached hydrogens (tertiary/aromatic N) is 2. The molecule has 0 radical (unpaired) electrons. The van der Waals surface area contributed by atoms with Gasteiger partial charge in [-0.15, -0.1) is 0 Å². The highest BCUT2D eigenvalue weighted by Gasteiger charge is 2.35. The smallest absolute Gasteiger partial charge is 0.338 e. The molecule has 0 spiro atoms. The van der Waals surface area contributed by atoms with Crippen LogP contribution >= 0.6 is 50.5 Å². The van der Waals surface area contributed by atoms with Crippen molar-refractivity contribution < 1.29 is 23.4 Å². The van der Waals surface area contributed by atoms with Gasteiger partial charge in [0.05, 0.1) is 44.0 Å². The molecular weight excluding hydrogens is 727 g/mol. The molecule has 5 aromatic rings. The van der Waals surface area contributed by atoms with Crippen LogP contribution in [0.15, 0.2) is 103 Å². The van der Waals surface area contributed by atoms with E-state index in [1.807, 2.05) is 36.4 Å². The number of allylic oxidation sites excluding steroid dienone is 1. The number of furan rings is 1. The average Bonchev–Trinajstić information content (AvgIpc) is 3.66. The Bertz CT molecular complexity index is 2210. The second-order valence-corrected chi connectivity index (χ2v) is 13.1. The summed E-state index contributed by atoms with van der Waals surface area (Å²) in [6.07, 6.45) is 1.75. The number of thiazole rings is 1. The van der Waals surface area contributed by atoms with Gasteiger partial charge < -0.3 is 18.6 Å². The van der Waals surface area contributed by atoms with Gasteiger partial charge in [0.1, 0.15) is 24.2 Å². The molecule has 240 valence electrons. The highest BCUT2D eigenvalue weighted by atomic mass is 79.9. The number of carbonyl (C=O) groups excluding carboxylic acids is 1. The zero-order valence-electron chi connectivity index (χ0n) is 25.4. The molecule has 1 aliphatic heterocycles. The van der Waals surface area contributed by atoms with Crippen molar-refractivity contribution in [3.05, 3.63) is 135 Å². The summed E-state index contributed by atoms with van der Waals surface area (Å²) >= 11 is 17.2. The van der Waals surface area contributed by atoms with Gasteiger partial charge in [-0.2, -0.15) is 0 Å². The molecule has 0 amide bonds. The SMILES string of the molecule is CCOC(=O)C1=C(C)N=c2s/c(=C\c3cc(Br)c(OCc4ccccc4)c(OC)c3)c(=O)n2[C@H]1c1ccc(-c2ccc(Cl)c(Cl)c2)o1. The van der Waals surface area contributed by atoms with Crippen LogP contribution in [0.25, 0.3) is 17.4 Å². The molecule has 0 unspecified atom stereocenters. The largest absolute Gasteiger partial charge is 0.493 e. The van der Waals surface area contributed by atoms with Crippen molar-refractivity contribution in [3.8, 4) is 22.8 Å². The Balaban J connectivity index is 1.42. The van der Waals surface area contributed by atoms with E-state index in [4.69, 9.17) is 41.8 Å². The van der Waals surface area contributed by atoms with Gasteiger partial charge >= 0.3 is 5.97 Å². The second-order valence-electron chi connectivity index (χ2n) is 10.4. The second kappa shape index (κ2) is 13.9. The predicted molar refractivity (Wildman–Crippen MR) is 186 cm³/mol. The van der Waals surface area contributed by atoms with Gasteiger partial charge in [-0.05, 0) is 89.4 Å². The summed E-state index contributed by atoms with van der Waals surface area (Å²) in [4.78, 5) is 32.5. The number of carbonyl (C=O) groups is 1. The van der Waals surface area contributed by atoms with Gasteiger partial charge in [-0.1, -0.05) is 64.9 Å². The first kappa shape index (κ1) is 32.8. The predicted octanol–water partition coefficient (Wildman–Crippen LogP) is 7.72. The molecule has 3 heterocycles. The lowest BCUT2D eigenvalue weighted by molar-refractivity contribution is -0.139. The molecule has 6 rings (SSSR count). The summed E-state index contributed by atoms with van der Waals surface area (Å²) in [5.41, 5.74) is 2.69. The number of rotatable bonds is 9. The third-order valence-electron chi connectivity index (χ3n) is 7.39. The lowest BCUT2D eigenvalue weighted by Crippen LogP contribution is -2.39. The first-order valence-electron chi connectivity index (χ1n) is 14.5.